The highest BCUT2D eigenvalue weighted by Crippen LogP contribution is 2.51. The first-order chi connectivity index (χ1) is 19.1. The first-order valence-electron chi connectivity index (χ1n) is 13.3. The van der Waals surface area contributed by atoms with E-state index in [4.69, 9.17) is 23.2 Å². The number of benzene rings is 3. The Bertz CT molecular complexity index is 1280. The van der Waals surface area contributed by atoms with Crippen LogP contribution in [0.25, 0.3) is 0 Å². The van der Waals surface area contributed by atoms with Crippen LogP contribution in [0.5, 0.6) is 0 Å². The molecule has 0 radical (unpaired) electrons. The summed E-state index contributed by atoms with van der Waals surface area (Å²) in [5.74, 6) is -0.0574. The molecule has 12 heteroatoms. The summed E-state index contributed by atoms with van der Waals surface area (Å²) in [5.41, 5.74) is 3.50. The van der Waals surface area contributed by atoms with Crippen molar-refractivity contribution in [1.82, 2.24) is 10.6 Å². The lowest BCUT2D eigenvalue weighted by Crippen LogP contribution is -2.48. The maximum Gasteiger partial charge on any atom is 0.251 e. The van der Waals surface area contributed by atoms with Crippen LogP contribution in [0.2, 0.25) is 10.0 Å². The van der Waals surface area contributed by atoms with Crippen LogP contribution in [0, 0.1) is 0 Å². The summed E-state index contributed by atoms with van der Waals surface area (Å²) in [6.45, 7) is 3.75. The predicted molar refractivity (Wildman–Crippen MR) is 173 cm³/mol. The van der Waals surface area contributed by atoms with Gasteiger partial charge in [-0.05, 0) is 67.3 Å². The standard InChI is InChI=1S/C29H36Cl2N4O4S.ClH/c1-2-33-25-14-22(15-26(17-25)35-9-6-10-40(35,38)39)29(37)34-27(13-20-7-4-3-5-8-20)28(36)19-32-18-21-11-23(30)16-24(31)12-21;/h3-5,7-8,11-12,14-17,27-28,32-33,36,38-39H,2,6,9-10,13,18-19H2,1H3,(H,34,37);1H/t27-,28-;/m0./s1. The summed E-state index contributed by atoms with van der Waals surface area (Å²) in [6, 6.07) is 19.6. The van der Waals surface area contributed by atoms with Gasteiger partial charge in [0, 0.05) is 47.5 Å². The lowest BCUT2D eigenvalue weighted by Gasteiger charge is -2.38. The summed E-state index contributed by atoms with van der Waals surface area (Å²) in [7, 11) is -2.92. The summed E-state index contributed by atoms with van der Waals surface area (Å²) in [4.78, 5) is 13.6. The fourth-order valence-electron chi connectivity index (χ4n) is 4.77. The van der Waals surface area contributed by atoms with E-state index in [0.717, 1.165) is 11.1 Å². The summed E-state index contributed by atoms with van der Waals surface area (Å²) >= 11 is 12.2. The van der Waals surface area contributed by atoms with Crippen LogP contribution in [0.3, 0.4) is 0 Å². The predicted octanol–water partition coefficient (Wildman–Crippen LogP) is 6.21. The van der Waals surface area contributed by atoms with Crippen LogP contribution in [0.1, 0.15) is 34.8 Å². The number of aliphatic hydroxyl groups is 1. The molecule has 6 N–H and O–H groups in total. The van der Waals surface area contributed by atoms with E-state index in [-0.39, 0.29) is 24.9 Å². The molecule has 0 aliphatic carbocycles. The van der Waals surface area contributed by atoms with Crippen molar-refractivity contribution in [3.8, 4) is 0 Å². The van der Waals surface area contributed by atoms with Gasteiger partial charge in [0.05, 0.1) is 23.6 Å². The van der Waals surface area contributed by atoms with Gasteiger partial charge in [-0.1, -0.05) is 53.5 Å². The zero-order valence-electron chi connectivity index (χ0n) is 22.7. The zero-order valence-corrected chi connectivity index (χ0v) is 25.9. The minimum Gasteiger partial charge on any atom is -0.390 e. The van der Waals surface area contributed by atoms with Crippen molar-refractivity contribution >= 4 is 63.7 Å². The highest BCUT2D eigenvalue weighted by Gasteiger charge is 2.30. The van der Waals surface area contributed by atoms with E-state index in [2.05, 4.69) is 16.0 Å². The van der Waals surface area contributed by atoms with Gasteiger partial charge < -0.3 is 21.1 Å². The van der Waals surface area contributed by atoms with Crippen molar-refractivity contribution in [2.24, 2.45) is 0 Å². The highest BCUT2D eigenvalue weighted by atomic mass is 35.5. The molecular formula is C29H37Cl3N4O4S. The minimum atomic E-state index is -2.92. The molecule has 2 atom stereocenters. The lowest BCUT2D eigenvalue weighted by molar-refractivity contribution is 0.0830. The van der Waals surface area contributed by atoms with E-state index in [1.807, 2.05) is 43.3 Å². The number of hydrogen-bond donors (Lipinski definition) is 6. The number of nitrogens with zero attached hydrogens (tertiary/aromatic N) is 1. The van der Waals surface area contributed by atoms with Crippen molar-refractivity contribution in [1.29, 1.82) is 0 Å². The van der Waals surface area contributed by atoms with E-state index in [1.165, 1.54) is 0 Å². The molecule has 1 aliphatic heterocycles. The fraction of sp³-hybridized carbons (Fsp3) is 0.345. The Hall–Kier alpha value is -2.21. The second-order valence-corrected chi connectivity index (χ2v) is 12.8. The Morgan fingerprint density at radius 2 is 1.73 bits per heavy atom. The van der Waals surface area contributed by atoms with Gasteiger partial charge in [-0.3, -0.25) is 18.2 Å². The van der Waals surface area contributed by atoms with Crippen molar-refractivity contribution < 1.29 is 19.0 Å². The van der Waals surface area contributed by atoms with E-state index in [9.17, 15) is 19.0 Å². The molecule has 0 aromatic heterocycles. The molecule has 4 rings (SSSR count). The molecule has 0 spiro atoms. The second kappa shape index (κ2) is 15.3. The first kappa shape index (κ1) is 33.3. The van der Waals surface area contributed by atoms with E-state index in [0.29, 0.717) is 65.2 Å². The monoisotopic (exact) mass is 642 g/mol. The van der Waals surface area contributed by atoms with Gasteiger partial charge in [0.25, 0.3) is 5.91 Å². The van der Waals surface area contributed by atoms with Gasteiger partial charge >= 0.3 is 0 Å². The number of nitrogens with one attached hydrogen (secondary N) is 3. The number of aliphatic hydroxyl groups excluding tert-OH is 1. The summed E-state index contributed by atoms with van der Waals surface area (Å²) < 4.78 is 22.6. The van der Waals surface area contributed by atoms with Crippen LogP contribution >= 0.6 is 46.4 Å². The SMILES string of the molecule is CCNc1cc(C(=O)N[C@@H](Cc2ccccc2)[C@@H](O)CNCc2cc(Cl)cc(Cl)c2)cc(N2CCCS2(O)O)c1.Cl. The third-order valence-corrected chi connectivity index (χ3v) is 9.04. The Labute approximate surface area is 259 Å². The molecule has 1 heterocycles. The molecule has 224 valence electrons. The quantitative estimate of drug-likeness (QED) is 0.139. The van der Waals surface area contributed by atoms with Gasteiger partial charge in [0.15, 0.2) is 0 Å². The number of carbonyl (C=O) groups excluding carboxylic acids is 1. The topological polar surface area (TPSA) is 117 Å². The molecule has 1 fully saturated rings. The van der Waals surface area contributed by atoms with Crippen molar-refractivity contribution in [2.75, 3.05) is 35.0 Å². The third-order valence-electron chi connectivity index (χ3n) is 6.67. The van der Waals surface area contributed by atoms with Gasteiger partial charge in [-0.15, -0.1) is 23.2 Å². The number of halogens is 3. The van der Waals surface area contributed by atoms with Crippen LogP contribution in [-0.2, 0) is 13.0 Å². The molecule has 0 bridgehead atoms. The molecule has 1 aliphatic rings. The largest absolute Gasteiger partial charge is 0.390 e. The highest BCUT2D eigenvalue weighted by molar-refractivity contribution is 8.25. The van der Waals surface area contributed by atoms with E-state index in [1.54, 1.807) is 34.6 Å². The van der Waals surface area contributed by atoms with E-state index >= 15 is 0 Å². The average Bonchev–Trinajstić information content (AvgIpc) is 3.27. The van der Waals surface area contributed by atoms with Crippen molar-refractivity contribution in [2.45, 2.75) is 38.5 Å². The number of rotatable bonds is 12. The number of carbonyl (C=O) groups is 1. The summed E-state index contributed by atoms with van der Waals surface area (Å²) in [5, 5.41) is 21.7. The number of anilines is 2. The van der Waals surface area contributed by atoms with Gasteiger partial charge in [0.1, 0.15) is 0 Å². The van der Waals surface area contributed by atoms with Gasteiger partial charge in [0.2, 0.25) is 0 Å². The molecule has 8 nitrogen and oxygen atoms in total. The molecule has 0 unspecified atom stereocenters. The Morgan fingerprint density at radius 3 is 2.37 bits per heavy atom. The Balaban J connectivity index is 0.00000462. The van der Waals surface area contributed by atoms with Crippen molar-refractivity contribution in [3.05, 3.63) is 93.5 Å². The maximum atomic E-state index is 13.6. The number of hydrogen-bond acceptors (Lipinski definition) is 7. The molecule has 3 aromatic carbocycles. The normalized spacial score (nSPS) is 16.4. The average molecular weight is 644 g/mol. The smallest absolute Gasteiger partial charge is 0.251 e. The zero-order chi connectivity index (χ0) is 28.7. The van der Waals surface area contributed by atoms with Crippen LogP contribution in [0.4, 0.5) is 11.4 Å². The molecular weight excluding hydrogens is 607 g/mol. The Kier molecular flexibility index (Phi) is 12.4. The van der Waals surface area contributed by atoms with Crippen LogP contribution in [0.15, 0.2) is 66.7 Å². The second-order valence-electron chi connectivity index (χ2n) is 9.84. The van der Waals surface area contributed by atoms with Gasteiger partial charge in [-0.25, -0.2) is 0 Å². The molecule has 0 saturated carbocycles. The minimum absolute atomic E-state index is 0. The number of amides is 1. The summed E-state index contributed by atoms with van der Waals surface area (Å²) in [6.07, 6.45) is 0.181. The lowest BCUT2D eigenvalue weighted by atomic mass is 10.00. The van der Waals surface area contributed by atoms with Gasteiger partial charge in [-0.2, -0.15) is 0 Å². The molecule has 41 heavy (non-hydrogen) atoms. The van der Waals surface area contributed by atoms with Crippen molar-refractivity contribution in [3.63, 3.8) is 0 Å². The van der Waals surface area contributed by atoms with Crippen LogP contribution < -0.4 is 20.3 Å². The molecule has 1 saturated heterocycles. The maximum absolute atomic E-state index is 13.6. The van der Waals surface area contributed by atoms with Crippen LogP contribution in [-0.4, -0.2) is 57.7 Å². The first-order valence-corrected chi connectivity index (χ1v) is 15.7. The third kappa shape index (κ3) is 9.39. The molecule has 1 amide bonds. The fourth-order valence-corrected chi connectivity index (χ4v) is 6.94. The van der Waals surface area contributed by atoms with E-state index < -0.39 is 22.9 Å². The molecule has 3 aromatic rings. The Morgan fingerprint density at radius 1 is 1.02 bits per heavy atom.